The summed E-state index contributed by atoms with van der Waals surface area (Å²) in [5, 5.41) is 37.8. The minimum atomic E-state index is -0.950. The number of aromatic nitrogens is 1. The first-order chi connectivity index (χ1) is 28.7. The highest BCUT2D eigenvalue weighted by atomic mass is 16.6. The Morgan fingerprint density at radius 2 is 1.64 bits per heavy atom. The van der Waals surface area contributed by atoms with Gasteiger partial charge in [-0.05, 0) is 116 Å². The van der Waals surface area contributed by atoms with Crippen LogP contribution < -0.4 is 20.9 Å². The molecule has 3 aliphatic heterocycles. The van der Waals surface area contributed by atoms with Gasteiger partial charge in [-0.15, -0.1) is 0 Å². The van der Waals surface area contributed by atoms with Crippen LogP contribution >= 0.6 is 0 Å². The number of aromatic amines is 1. The lowest BCUT2D eigenvalue weighted by atomic mass is 9.86. The second-order valence-electron chi connectivity index (χ2n) is 15.8. The van der Waals surface area contributed by atoms with E-state index in [1.165, 1.54) is 12.1 Å². The van der Waals surface area contributed by atoms with E-state index < -0.39 is 24.2 Å². The SMILES string of the molecule is O=C(NC(c1ccccc1)c1cccc(OCc2ccc(C(=O)O)c(CCCCCCCNCC(O)c3ccc(O)c4[nH]c(=O)ccc34)c2)c1)OC1CN2CCC1CC2. The summed E-state index contributed by atoms with van der Waals surface area (Å²) in [4.78, 5) is 42.1. The number of benzene rings is 4. The summed E-state index contributed by atoms with van der Waals surface area (Å²) in [6.07, 6.45) is 6.16. The molecule has 0 saturated carbocycles. The number of H-pyrrole nitrogens is 1. The van der Waals surface area contributed by atoms with Gasteiger partial charge in [-0.3, -0.25) is 9.69 Å². The first-order valence-electron chi connectivity index (χ1n) is 20.8. The van der Waals surface area contributed by atoms with Gasteiger partial charge in [-0.25, -0.2) is 9.59 Å². The smallest absolute Gasteiger partial charge is 0.408 e. The normalized spacial score (nSPS) is 18.3. The van der Waals surface area contributed by atoms with E-state index in [-0.39, 0.29) is 24.0 Å². The molecule has 2 bridgehead atoms. The number of hydrogen-bond acceptors (Lipinski definition) is 9. The number of amides is 1. The van der Waals surface area contributed by atoms with Gasteiger partial charge < -0.3 is 40.4 Å². The molecular weight excluding hydrogens is 749 g/mol. The van der Waals surface area contributed by atoms with Crippen LogP contribution in [0.5, 0.6) is 11.5 Å². The van der Waals surface area contributed by atoms with Crippen molar-refractivity contribution in [1.82, 2.24) is 20.5 Å². The van der Waals surface area contributed by atoms with Crippen LogP contribution in [0.15, 0.2) is 102 Å². The first kappa shape index (κ1) is 41.5. The molecule has 4 heterocycles. The summed E-state index contributed by atoms with van der Waals surface area (Å²) in [6.45, 7) is 4.25. The predicted octanol–water partition coefficient (Wildman–Crippen LogP) is 7.24. The fraction of sp³-hybridized carbons (Fsp3) is 0.383. The van der Waals surface area contributed by atoms with Gasteiger partial charge in [0.15, 0.2) is 0 Å². The molecule has 4 aromatic carbocycles. The predicted molar refractivity (Wildman–Crippen MR) is 226 cm³/mol. The van der Waals surface area contributed by atoms with Crippen molar-refractivity contribution in [2.24, 2.45) is 5.92 Å². The molecule has 1 amide bonds. The number of phenolic OH excluding ortho intramolecular Hbond substituents is 1. The summed E-state index contributed by atoms with van der Waals surface area (Å²) >= 11 is 0. The summed E-state index contributed by atoms with van der Waals surface area (Å²) < 4.78 is 12.2. The number of aliphatic hydroxyl groups excluding tert-OH is 1. The van der Waals surface area contributed by atoms with E-state index in [4.69, 9.17) is 9.47 Å². The highest BCUT2D eigenvalue weighted by Crippen LogP contribution is 2.32. The number of carbonyl (C=O) groups excluding carboxylic acids is 1. The third kappa shape index (κ3) is 10.9. The van der Waals surface area contributed by atoms with Crippen molar-refractivity contribution in [2.75, 3.05) is 32.7 Å². The quantitative estimate of drug-likeness (QED) is 0.0468. The summed E-state index contributed by atoms with van der Waals surface area (Å²) in [5.41, 5.74) is 4.36. The second kappa shape index (κ2) is 19.8. The number of aromatic carboxylic acids is 1. The minimum Gasteiger partial charge on any atom is -0.506 e. The van der Waals surface area contributed by atoms with Crippen molar-refractivity contribution in [3.63, 3.8) is 0 Å². The van der Waals surface area contributed by atoms with Crippen molar-refractivity contribution in [3.8, 4) is 11.5 Å². The summed E-state index contributed by atoms with van der Waals surface area (Å²) in [5.74, 6) is 0.0554. The second-order valence-corrected chi connectivity index (χ2v) is 15.8. The van der Waals surface area contributed by atoms with Crippen LogP contribution in [0, 0.1) is 5.92 Å². The molecule has 59 heavy (non-hydrogen) atoms. The lowest BCUT2D eigenvalue weighted by molar-refractivity contribution is -0.0336. The Kier molecular flexibility index (Phi) is 13.9. The summed E-state index contributed by atoms with van der Waals surface area (Å²) in [7, 11) is 0. The lowest BCUT2D eigenvalue weighted by Crippen LogP contribution is -2.52. The average molecular weight is 803 g/mol. The number of carboxylic acids is 1. The molecule has 3 unspecified atom stereocenters. The fourth-order valence-electron chi connectivity index (χ4n) is 8.44. The van der Waals surface area contributed by atoms with Crippen LogP contribution in [0.3, 0.4) is 0 Å². The van der Waals surface area contributed by atoms with E-state index in [1.807, 2.05) is 60.7 Å². The van der Waals surface area contributed by atoms with Crippen molar-refractivity contribution in [1.29, 1.82) is 0 Å². The van der Waals surface area contributed by atoms with E-state index >= 15 is 0 Å². The number of alkyl carbamates (subject to hydrolysis) is 1. The number of unbranched alkanes of at least 4 members (excludes halogenated alkanes) is 4. The third-order valence-corrected chi connectivity index (χ3v) is 11.6. The van der Waals surface area contributed by atoms with Crippen LogP contribution in [0.1, 0.15) is 95.3 Å². The molecule has 5 aromatic rings. The maximum Gasteiger partial charge on any atom is 0.408 e. The van der Waals surface area contributed by atoms with Crippen molar-refractivity contribution < 1.29 is 34.4 Å². The van der Waals surface area contributed by atoms with Crippen LogP contribution in [0.4, 0.5) is 4.79 Å². The van der Waals surface area contributed by atoms with Gasteiger partial charge in [0.2, 0.25) is 5.56 Å². The van der Waals surface area contributed by atoms with Crippen molar-refractivity contribution in [2.45, 2.75) is 76.2 Å². The number of nitrogens with zero attached hydrogens (tertiary/aromatic N) is 1. The number of fused-ring (bicyclic) bond motifs is 4. The van der Waals surface area contributed by atoms with Gasteiger partial charge in [0.1, 0.15) is 24.2 Å². The van der Waals surface area contributed by atoms with Crippen molar-refractivity contribution in [3.05, 3.63) is 141 Å². The van der Waals surface area contributed by atoms with Gasteiger partial charge >= 0.3 is 12.1 Å². The van der Waals surface area contributed by atoms with Crippen LogP contribution in [0.25, 0.3) is 10.9 Å². The molecule has 0 radical (unpaired) electrons. The number of nitrogens with one attached hydrogen (secondary N) is 3. The van der Waals surface area contributed by atoms with Crippen LogP contribution in [0.2, 0.25) is 0 Å². The molecule has 12 nitrogen and oxygen atoms in total. The Hall–Kier alpha value is -5.69. The minimum absolute atomic E-state index is 0.0390. The summed E-state index contributed by atoms with van der Waals surface area (Å²) in [6, 6.07) is 28.6. The number of aromatic hydroxyl groups is 1. The molecule has 1 aromatic heterocycles. The van der Waals surface area contributed by atoms with Crippen molar-refractivity contribution >= 4 is 23.0 Å². The number of aryl methyl sites for hydroxylation is 1. The van der Waals surface area contributed by atoms with Gasteiger partial charge in [-0.1, -0.05) is 79.9 Å². The monoisotopic (exact) mass is 802 g/mol. The number of piperidine rings is 3. The molecule has 12 heteroatoms. The molecular formula is C47H54N4O8. The molecule has 310 valence electrons. The number of carboxylic acid groups (broad SMARTS) is 1. The molecule has 3 fully saturated rings. The van der Waals surface area contributed by atoms with E-state index in [2.05, 4.69) is 20.5 Å². The van der Waals surface area contributed by atoms with E-state index in [0.717, 1.165) is 93.4 Å². The fourth-order valence-corrected chi connectivity index (χ4v) is 8.44. The van der Waals surface area contributed by atoms with Gasteiger partial charge in [0.25, 0.3) is 0 Å². The molecule has 3 saturated heterocycles. The van der Waals surface area contributed by atoms with Gasteiger partial charge in [0.05, 0.1) is 23.2 Å². The number of carbonyl (C=O) groups is 2. The molecule has 6 N–H and O–H groups in total. The zero-order valence-electron chi connectivity index (χ0n) is 33.3. The molecule has 0 aliphatic carbocycles. The zero-order valence-corrected chi connectivity index (χ0v) is 33.3. The first-order valence-corrected chi connectivity index (χ1v) is 20.8. The third-order valence-electron chi connectivity index (χ3n) is 11.6. The van der Waals surface area contributed by atoms with Crippen LogP contribution in [-0.2, 0) is 17.8 Å². The maximum atomic E-state index is 13.3. The molecule has 0 spiro atoms. The highest BCUT2D eigenvalue weighted by molar-refractivity contribution is 5.89. The number of hydrogen-bond donors (Lipinski definition) is 6. The standard InChI is InChI=1S/C47H54N4O8/c52-40-19-17-38(39-18-20-43(54)49-45(39)40)41(53)28-48-23-8-3-1-2-5-12-34-26-31(15-16-37(34)46(55)56)30-58-36-14-9-13-35(27-36)44(33-10-6-4-7-11-33)50-47(57)59-42-29-51-24-21-32(42)22-25-51/h4,6-7,9-11,13-20,26-27,32,41-42,44,48,52-53H,1-3,5,8,12,21-25,28-30H2,(H,49,54)(H,50,57)(H,55,56). The number of ether oxygens (including phenoxy) is 2. The topological polar surface area (TPSA) is 173 Å². The zero-order chi connectivity index (χ0) is 41.1. The molecule has 3 atom stereocenters. The largest absolute Gasteiger partial charge is 0.506 e. The van der Waals surface area contributed by atoms with Gasteiger partial charge in [-0.2, -0.15) is 0 Å². The number of pyridine rings is 1. The Bertz CT molecular complexity index is 2250. The number of phenols is 1. The Morgan fingerprint density at radius 3 is 2.42 bits per heavy atom. The highest BCUT2D eigenvalue weighted by Gasteiger charge is 2.37. The molecule has 3 aliphatic rings. The Balaban J connectivity index is 0.874. The Labute approximate surface area is 344 Å². The maximum absolute atomic E-state index is 13.3. The Morgan fingerprint density at radius 1 is 0.864 bits per heavy atom. The van der Waals surface area contributed by atoms with E-state index in [0.29, 0.717) is 46.7 Å². The number of rotatable bonds is 19. The average Bonchev–Trinajstić information content (AvgIpc) is 3.25. The molecule has 8 rings (SSSR count). The van der Waals surface area contributed by atoms with Gasteiger partial charge in [0, 0.05) is 24.5 Å². The van der Waals surface area contributed by atoms with E-state index in [9.17, 15) is 29.7 Å². The lowest BCUT2D eigenvalue weighted by Gasteiger charge is -2.43. The van der Waals surface area contributed by atoms with Crippen LogP contribution in [-0.4, -0.2) is 76.1 Å². The van der Waals surface area contributed by atoms with E-state index in [1.54, 1.807) is 24.3 Å². The number of aliphatic hydroxyl groups is 1.